The van der Waals surface area contributed by atoms with E-state index >= 15 is 0 Å². The maximum absolute atomic E-state index is 11.4. The summed E-state index contributed by atoms with van der Waals surface area (Å²) in [5.74, 6) is -0.567. The summed E-state index contributed by atoms with van der Waals surface area (Å²) in [6.45, 7) is 4.25. The highest BCUT2D eigenvalue weighted by atomic mass is 16.5. The van der Waals surface area contributed by atoms with E-state index in [2.05, 4.69) is 0 Å². The van der Waals surface area contributed by atoms with E-state index in [0.717, 1.165) is 11.1 Å². The van der Waals surface area contributed by atoms with Crippen molar-refractivity contribution in [2.45, 2.75) is 26.7 Å². The Morgan fingerprint density at radius 1 is 0.889 bits per heavy atom. The molecule has 0 fully saturated rings. The van der Waals surface area contributed by atoms with Crippen LogP contribution in [0.1, 0.15) is 25.0 Å². The van der Waals surface area contributed by atoms with Gasteiger partial charge in [-0.05, 0) is 25.0 Å². The van der Waals surface area contributed by atoms with Gasteiger partial charge in [0, 0.05) is 0 Å². The molecule has 0 atom stereocenters. The average molecular weight is 250 g/mol. The van der Waals surface area contributed by atoms with Crippen molar-refractivity contribution in [3.05, 3.63) is 35.4 Å². The van der Waals surface area contributed by atoms with Gasteiger partial charge in [-0.3, -0.25) is 9.59 Å². The van der Waals surface area contributed by atoms with Crippen molar-refractivity contribution < 1.29 is 19.1 Å². The van der Waals surface area contributed by atoms with Gasteiger partial charge >= 0.3 is 11.9 Å². The zero-order valence-electron chi connectivity index (χ0n) is 10.8. The first-order valence-electron chi connectivity index (χ1n) is 6.05. The van der Waals surface area contributed by atoms with Gasteiger partial charge in [0.15, 0.2) is 0 Å². The van der Waals surface area contributed by atoms with E-state index in [9.17, 15) is 9.59 Å². The van der Waals surface area contributed by atoms with Gasteiger partial charge in [-0.2, -0.15) is 0 Å². The molecule has 0 spiro atoms. The highest BCUT2D eigenvalue weighted by molar-refractivity contribution is 5.76. The van der Waals surface area contributed by atoms with Crippen LogP contribution in [0.4, 0.5) is 0 Å². The molecule has 1 aromatic carbocycles. The molecule has 0 bridgehead atoms. The topological polar surface area (TPSA) is 52.6 Å². The minimum Gasteiger partial charge on any atom is -0.466 e. The Bertz CT molecular complexity index is 373. The number of rotatable bonds is 6. The first-order chi connectivity index (χ1) is 8.67. The number of carbonyl (C=O) groups is 2. The second-order valence-electron chi connectivity index (χ2n) is 3.73. The predicted molar refractivity (Wildman–Crippen MR) is 67.1 cm³/mol. The molecule has 4 nitrogen and oxygen atoms in total. The minimum atomic E-state index is -0.284. The number of hydrogen-bond acceptors (Lipinski definition) is 4. The summed E-state index contributed by atoms with van der Waals surface area (Å²) < 4.78 is 9.80. The van der Waals surface area contributed by atoms with Crippen LogP contribution >= 0.6 is 0 Å². The maximum atomic E-state index is 11.4. The third-order valence-corrected chi connectivity index (χ3v) is 2.40. The van der Waals surface area contributed by atoms with E-state index in [-0.39, 0.29) is 24.8 Å². The average Bonchev–Trinajstić information content (AvgIpc) is 2.32. The predicted octanol–water partition coefficient (Wildman–Crippen LogP) is 1.90. The second-order valence-corrected chi connectivity index (χ2v) is 3.73. The lowest BCUT2D eigenvalue weighted by Crippen LogP contribution is -2.12. The summed E-state index contributed by atoms with van der Waals surface area (Å²) in [7, 11) is 0. The summed E-state index contributed by atoms with van der Waals surface area (Å²) in [6, 6.07) is 7.32. The van der Waals surface area contributed by atoms with Crippen LogP contribution in [-0.4, -0.2) is 25.2 Å². The Kier molecular flexibility index (Phi) is 5.91. The van der Waals surface area contributed by atoms with Crippen LogP contribution in [0.25, 0.3) is 0 Å². The highest BCUT2D eigenvalue weighted by Crippen LogP contribution is 2.11. The van der Waals surface area contributed by atoms with E-state index < -0.39 is 0 Å². The van der Waals surface area contributed by atoms with E-state index in [0.29, 0.717) is 13.2 Å². The molecule has 0 aliphatic heterocycles. The van der Waals surface area contributed by atoms with Crippen LogP contribution in [-0.2, 0) is 31.9 Å². The maximum Gasteiger partial charge on any atom is 0.310 e. The summed E-state index contributed by atoms with van der Waals surface area (Å²) in [6.07, 6.45) is 0.368. The van der Waals surface area contributed by atoms with Crippen molar-refractivity contribution >= 4 is 11.9 Å². The van der Waals surface area contributed by atoms with Crippen LogP contribution in [0.3, 0.4) is 0 Å². The molecule has 4 heteroatoms. The van der Waals surface area contributed by atoms with Crippen molar-refractivity contribution in [3.63, 3.8) is 0 Å². The zero-order chi connectivity index (χ0) is 13.4. The molecule has 1 aromatic rings. The fraction of sp³-hybridized carbons (Fsp3) is 0.429. The van der Waals surface area contributed by atoms with E-state index in [4.69, 9.17) is 9.47 Å². The van der Waals surface area contributed by atoms with Crippen LogP contribution in [0, 0.1) is 0 Å². The number of ether oxygens (including phenoxy) is 2. The number of benzene rings is 1. The summed E-state index contributed by atoms with van der Waals surface area (Å²) in [5, 5.41) is 0. The highest BCUT2D eigenvalue weighted by Gasteiger charge is 2.11. The van der Waals surface area contributed by atoms with Gasteiger partial charge in [0.05, 0.1) is 26.1 Å². The molecule has 0 aliphatic carbocycles. The van der Waals surface area contributed by atoms with E-state index in [1.54, 1.807) is 13.8 Å². The molecule has 0 saturated heterocycles. The largest absolute Gasteiger partial charge is 0.466 e. The normalized spacial score (nSPS) is 9.89. The van der Waals surface area contributed by atoms with Crippen molar-refractivity contribution in [1.82, 2.24) is 0 Å². The van der Waals surface area contributed by atoms with Gasteiger partial charge in [0.2, 0.25) is 0 Å². The van der Waals surface area contributed by atoms with Crippen LogP contribution in [0.5, 0.6) is 0 Å². The number of hydrogen-bond donors (Lipinski definition) is 0. The van der Waals surface area contributed by atoms with Crippen LogP contribution in [0.2, 0.25) is 0 Å². The molecule has 0 radical (unpaired) electrons. The summed E-state index contributed by atoms with van der Waals surface area (Å²) >= 11 is 0. The monoisotopic (exact) mass is 250 g/mol. The molecule has 0 amide bonds. The zero-order valence-corrected chi connectivity index (χ0v) is 10.8. The van der Waals surface area contributed by atoms with Gasteiger partial charge < -0.3 is 9.47 Å². The van der Waals surface area contributed by atoms with Gasteiger partial charge in [0.25, 0.3) is 0 Å². The standard InChI is InChI=1S/C14H18O4/c1-3-17-13(15)9-11-7-5-6-8-12(11)10-14(16)18-4-2/h5-8H,3-4,9-10H2,1-2H3. The quantitative estimate of drug-likeness (QED) is 0.723. The summed E-state index contributed by atoms with van der Waals surface area (Å²) in [5.41, 5.74) is 1.62. The first kappa shape index (κ1) is 14.2. The smallest absolute Gasteiger partial charge is 0.310 e. The Morgan fingerprint density at radius 3 is 1.61 bits per heavy atom. The van der Waals surface area contributed by atoms with Gasteiger partial charge in [-0.15, -0.1) is 0 Å². The third kappa shape index (κ3) is 4.57. The Hall–Kier alpha value is -1.84. The lowest BCUT2D eigenvalue weighted by Gasteiger charge is -2.08. The van der Waals surface area contributed by atoms with Crippen molar-refractivity contribution in [3.8, 4) is 0 Å². The molecular formula is C14H18O4. The van der Waals surface area contributed by atoms with Crippen molar-refractivity contribution in [2.24, 2.45) is 0 Å². The van der Waals surface area contributed by atoms with Gasteiger partial charge in [0.1, 0.15) is 0 Å². The second kappa shape index (κ2) is 7.48. The van der Waals surface area contributed by atoms with Crippen LogP contribution in [0.15, 0.2) is 24.3 Å². The summed E-state index contributed by atoms with van der Waals surface area (Å²) in [4.78, 5) is 22.9. The fourth-order valence-corrected chi connectivity index (χ4v) is 1.64. The fourth-order valence-electron chi connectivity index (χ4n) is 1.64. The van der Waals surface area contributed by atoms with Gasteiger partial charge in [-0.25, -0.2) is 0 Å². The Balaban J connectivity index is 2.73. The molecular weight excluding hydrogens is 232 g/mol. The lowest BCUT2D eigenvalue weighted by atomic mass is 10.0. The molecule has 0 aromatic heterocycles. The van der Waals surface area contributed by atoms with Crippen molar-refractivity contribution in [1.29, 1.82) is 0 Å². The minimum absolute atomic E-state index is 0.184. The van der Waals surface area contributed by atoms with Crippen LogP contribution < -0.4 is 0 Å². The molecule has 1 rings (SSSR count). The molecule has 0 saturated carbocycles. The molecule has 0 heterocycles. The molecule has 0 aliphatic rings. The third-order valence-electron chi connectivity index (χ3n) is 2.40. The SMILES string of the molecule is CCOC(=O)Cc1ccccc1CC(=O)OCC. The Morgan fingerprint density at radius 2 is 1.28 bits per heavy atom. The first-order valence-corrected chi connectivity index (χ1v) is 6.05. The number of esters is 2. The Labute approximate surface area is 107 Å². The van der Waals surface area contributed by atoms with E-state index in [1.165, 1.54) is 0 Å². The lowest BCUT2D eigenvalue weighted by molar-refractivity contribution is -0.143. The van der Waals surface area contributed by atoms with E-state index in [1.807, 2.05) is 24.3 Å². The van der Waals surface area contributed by atoms with Gasteiger partial charge in [-0.1, -0.05) is 24.3 Å². The molecule has 18 heavy (non-hydrogen) atoms. The number of carbonyl (C=O) groups excluding carboxylic acids is 2. The molecule has 98 valence electrons. The van der Waals surface area contributed by atoms with Crippen molar-refractivity contribution in [2.75, 3.05) is 13.2 Å². The molecule has 0 N–H and O–H groups in total. The molecule has 0 unspecified atom stereocenters.